The Labute approximate surface area is 235 Å². The number of carbonyl (C=O) groups excluding carboxylic acids is 3. The van der Waals surface area contributed by atoms with E-state index in [9.17, 15) is 24.3 Å². The molecule has 0 saturated heterocycles. The van der Waals surface area contributed by atoms with E-state index in [-0.39, 0.29) is 30.6 Å². The summed E-state index contributed by atoms with van der Waals surface area (Å²) in [7, 11) is 0. The number of carbonyl (C=O) groups is 4. The fourth-order valence-corrected chi connectivity index (χ4v) is 3.34. The van der Waals surface area contributed by atoms with Crippen LogP contribution in [0.25, 0.3) is 0 Å². The van der Waals surface area contributed by atoms with Crippen LogP contribution in [0, 0.1) is 11.8 Å². The Bertz CT molecular complexity index is 983. The molecule has 226 valence electrons. The summed E-state index contributed by atoms with van der Waals surface area (Å²) in [6.07, 6.45) is -1.89. The second-order valence-corrected chi connectivity index (χ2v) is 9.84. The molecule has 6 atom stereocenters. The maximum absolute atomic E-state index is 12.4. The molecule has 5 unspecified atom stereocenters. The van der Waals surface area contributed by atoms with E-state index in [2.05, 4.69) is 0 Å². The van der Waals surface area contributed by atoms with Gasteiger partial charge in [-0.3, -0.25) is 4.79 Å². The first-order valence-corrected chi connectivity index (χ1v) is 13.5. The lowest BCUT2D eigenvalue weighted by molar-refractivity contribution is -0.139. The van der Waals surface area contributed by atoms with E-state index >= 15 is 0 Å². The Morgan fingerprint density at radius 1 is 0.775 bits per heavy atom. The smallest absolute Gasteiger partial charge is 0.480 e. The monoisotopic (exact) mass is 569 g/mol. The highest BCUT2D eigenvalue weighted by Gasteiger charge is 2.33. The Hall–Kier alpha value is -3.54. The summed E-state index contributed by atoms with van der Waals surface area (Å²) in [5.41, 5.74) is 6.36. The normalized spacial score (nSPS) is 15.4. The minimum absolute atomic E-state index is 0.154. The number of nitrogens with two attached hydrogens (primary N) is 1. The summed E-state index contributed by atoms with van der Waals surface area (Å²) in [6.45, 7) is 12.5. The molecular weight excluding hydrogens is 526 g/mol. The molecule has 0 radical (unpaired) electrons. The van der Waals surface area contributed by atoms with Gasteiger partial charge in [-0.25, -0.2) is 14.4 Å². The highest BCUT2D eigenvalue weighted by Crippen LogP contribution is 2.36. The molecule has 0 aliphatic carbocycles. The van der Waals surface area contributed by atoms with Crippen molar-refractivity contribution in [2.75, 3.05) is 13.2 Å². The Morgan fingerprint density at radius 2 is 1.30 bits per heavy atom. The van der Waals surface area contributed by atoms with Crippen molar-refractivity contribution in [3.8, 4) is 11.5 Å². The molecular formula is C28H43NO11. The second kappa shape index (κ2) is 17.2. The van der Waals surface area contributed by atoms with Crippen LogP contribution in [0.4, 0.5) is 14.4 Å². The Kier molecular flexibility index (Phi) is 14.8. The van der Waals surface area contributed by atoms with Gasteiger partial charge in [0.05, 0.1) is 13.2 Å². The summed E-state index contributed by atoms with van der Waals surface area (Å²) in [4.78, 5) is 48.6. The summed E-state index contributed by atoms with van der Waals surface area (Å²) in [5, 5.41) is 9.69. The molecule has 0 aliphatic heterocycles. The summed E-state index contributed by atoms with van der Waals surface area (Å²) in [6, 6.07) is 2.71. The van der Waals surface area contributed by atoms with Crippen LogP contribution in [-0.4, -0.2) is 61.0 Å². The van der Waals surface area contributed by atoms with E-state index in [1.807, 2.05) is 27.7 Å². The predicted molar refractivity (Wildman–Crippen MR) is 144 cm³/mol. The lowest BCUT2D eigenvalue weighted by atomic mass is 9.82. The predicted octanol–water partition coefficient (Wildman–Crippen LogP) is 5.65. The highest BCUT2D eigenvalue weighted by atomic mass is 16.8. The zero-order valence-electron chi connectivity index (χ0n) is 24.3. The highest BCUT2D eigenvalue weighted by molar-refractivity contribution is 5.75. The van der Waals surface area contributed by atoms with Gasteiger partial charge in [0, 0.05) is 5.92 Å². The molecule has 3 N–H and O–H groups in total. The molecule has 0 spiro atoms. The number of rotatable bonds is 15. The lowest BCUT2D eigenvalue weighted by Crippen LogP contribution is -2.40. The molecule has 1 aromatic rings. The fraction of sp³-hybridized carbons (Fsp3) is 0.643. The number of hydrogen-bond donors (Lipinski definition) is 2. The van der Waals surface area contributed by atoms with Gasteiger partial charge in [0.15, 0.2) is 11.5 Å². The Balaban J connectivity index is 3.29. The van der Waals surface area contributed by atoms with E-state index < -0.39 is 54.5 Å². The first-order chi connectivity index (χ1) is 18.8. The molecule has 40 heavy (non-hydrogen) atoms. The summed E-state index contributed by atoms with van der Waals surface area (Å²) in [5.74, 6) is -3.02. The van der Waals surface area contributed by atoms with Crippen molar-refractivity contribution in [1.29, 1.82) is 0 Å². The standard InChI is InChI=1S/C28H43NO11/c1-8-16(4)14-35-26(32)36-15-17(5)23(24(29)25(30)31)20-11-12-21(39-27(33)37-18(6)9-2)22(13-20)40-28(34)38-19(7)10-3/h11-13,16-19,23-24H,8-10,14-15,29H2,1-7H3,(H,30,31)/t16?,17?,18?,19?,23?,24-/m0/s1. The minimum Gasteiger partial charge on any atom is -0.480 e. The molecule has 0 amide bonds. The van der Waals surface area contributed by atoms with Gasteiger partial charge < -0.3 is 39.3 Å². The third kappa shape index (κ3) is 11.7. The summed E-state index contributed by atoms with van der Waals surface area (Å²) >= 11 is 0. The molecule has 12 nitrogen and oxygen atoms in total. The topological polar surface area (TPSA) is 170 Å². The van der Waals surface area contributed by atoms with Crippen molar-refractivity contribution < 1.29 is 52.7 Å². The third-order valence-corrected chi connectivity index (χ3v) is 6.42. The van der Waals surface area contributed by atoms with Gasteiger partial charge in [-0.2, -0.15) is 0 Å². The van der Waals surface area contributed by atoms with Crippen molar-refractivity contribution in [1.82, 2.24) is 0 Å². The third-order valence-electron chi connectivity index (χ3n) is 6.42. The number of benzene rings is 1. The lowest BCUT2D eigenvalue weighted by Gasteiger charge is -2.28. The molecule has 0 fully saturated rings. The van der Waals surface area contributed by atoms with Crippen LogP contribution >= 0.6 is 0 Å². The first-order valence-electron chi connectivity index (χ1n) is 13.5. The van der Waals surface area contributed by atoms with Gasteiger partial charge in [-0.1, -0.05) is 47.1 Å². The van der Waals surface area contributed by atoms with Crippen LogP contribution in [0.3, 0.4) is 0 Å². The molecule has 12 heteroatoms. The van der Waals surface area contributed by atoms with E-state index in [4.69, 9.17) is 34.2 Å². The number of hydrogen-bond acceptors (Lipinski definition) is 11. The fourth-order valence-electron chi connectivity index (χ4n) is 3.34. The largest absolute Gasteiger partial charge is 0.514 e. The number of aliphatic carboxylic acids is 1. The van der Waals surface area contributed by atoms with E-state index in [1.165, 1.54) is 18.2 Å². The maximum atomic E-state index is 12.4. The quantitative estimate of drug-likeness (QED) is 0.151. The average Bonchev–Trinajstić information content (AvgIpc) is 2.91. The van der Waals surface area contributed by atoms with Gasteiger partial charge in [0.25, 0.3) is 0 Å². The zero-order valence-corrected chi connectivity index (χ0v) is 24.3. The van der Waals surface area contributed by atoms with Crippen LogP contribution in [0.2, 0.25) is 0 Å². The van der Waals surface area contributed by atoms with Gasteiger partial charge in [-0.05, 0) is 56.2 Å². The SMILES string of the molecule is CCC(C)COC(=O)OCC(C)C(c1ccc(OC(=O)OC(C)CC)c(OC(=O)OC(C)CC)c1)[C@H](N)C(=O)O. The van der Waals surface area contributed by atoms with Crippen LogP contribution in [0.15, 0.2) is 18.2 Å². The average molecular weight is 570 g/mol. The maximum Gasteiger partial charge on any atom is 0.514 e. The zero-order chi connectivity index (χ0) is 30.4. The van der Waals surface area contributed by atoms with Gasteiger partial charge in [0.2, 0.25) is 0 Å². The van der Waals surface area contributed by atoms with Gasteiger partial charge in [0.1, 0.15) is 18.2 Å². The van der Waals surface area contributed by atoms with Crippen LogP contribution in [-0.2, 0) is 23.7 Å². The molecule has 0 aromatic heterocycles. The van der Waals surface area contributed by atoms with Gasteiger partial charge in [-0.15, -0.1) is 0 Å². The van der Waals surface area contributed by atoms with Crippen molar-refractivity contribution in [3.63, 3.8) is 0 Å². The van der Waals surface area contributed by atoms with Crippen molar-refractivity contribution in [2.45, 2.75) is 91.9 Å². The van der Waals surface area contributed by atoms with Crippen molar-refractivity contribution in [2.24, 2.45) is 17.6 Å². The number of ether oxygens (including phenoxy) is 6. The minimum atomic E-state index is -1.42. The van der Waals surface area contributed by atoms with E-state index in [1.54, 1.807) is 20.8 Å². The second-order valence-electron chi connectivity index (χ2n) is 9.84. The molecule has 0 aliphatic rings. The van der Waals surface area contributed by atoms with Crippen LogP contribution in [0.1, 0.15) is 79.2 Å². The van der Waals surface area contributed by atoms with Gasteiger partial charge >= 0.3 is 24.4 Å². The van der Waals surface area contributed by atoms with E-state index in [0.717, 1.165) is 6.42 Å². The van der Waals surface area contributed by atoms with Crippen LogP contribution < -0.4 is 15.2 Å². The van der Waals surface area contributed by atoms with E-state index in [0.29, 0.717) is 18.4 Å². The molecule has 0 heterocycles. The van der Waals surface area contributed by atoms with Crippen molar-refractivity contribution in [3.05, 3.63) is 23.8 Å². The number of carboxylic acids is 1. The summed E-state index contributed by atoms with van der Waals surface area (Å²) < 4.78 is 31.2. The molecule has 1 aromatic carbocycles. The molecule has 0 saturated carbocycles. The van der Waals surface area contributed by atoms with Crippen molar-refractivity contribution >= 4 is 24.4 Å². The number of carboxylic acid groups (broad SMARTS) is 1. The Morgan fingerprint density at radius 3 is 1.80 bits per heavy atom. The molecule has 0 bridgehead atoms. The molecule has 1 rings (SSSR count). The van der Waals surface area contributed by atoms with Crippen LogP contribution in [0.5, 0.6) is 11.5 Å². The first kappa shape index (κ1) is 34.5.